The first kappa shape index (κ1) is 10.2. The lowest BCUT2D eigenvalue weighted by atomic mass is 9.65. The molecule has 2 rings (SSSR count). The summed E-state index contributed by atoms with van der Waals surface area (Å²) >= 11 is 0. The average Bonchev–Trinajstić information content (AvgIpc) is 2.26. The van der Waals surface area contributed by atoms with Crippen molar-refractivity contribution in [2.75, 3.05) is 0 Å². The first-order valence-corrected chi connectivity index (χ1v) is 5.52. The van der Waals surface area contributed by atoms with E-state index >= 15 is 0 Å². The van der Waals surface area contributed by atoms with Crippen LogP contribution in [0.4, 0.5) is 0 Å². The summed E-state index contributed by atoms with van der Waals surface area (Å²) in [6.07, 6.45) is 2.23. The third-order valence-corrected chi connectivity index (χ3v) is 3.53. The second-order valence-electron chi connectivity index (χ2n) is 4.31. The fourth-order valence-corrected chi connectivity index (χ4v) is 2.52. The molecule has 1 aromatic rings. The molecule has 1 aliphatic rings. The minimum atomic E-state index is 0.371. The third-order valence-electron chi connectivity index (χ3n) is 3.53. The molecule has 3 atom stereocenters. The Balaban J connectivity index is 2.14. The molecule has 0 radical (unpaired) electrons. The summed E-state index contributed by atoms with van der Waals surface area (Å²) in [6.45, 7) is 2.19. The van der Waals surface area contributed by atoms with Crippen LogP contribution in [-0.4, -0.2) is 6.04 Å². The first-order valence-electron chi connectivity index (χ1n) is 5.52. The van der Waals surface area contributed by atoms with Crippen LogP contribution in [0.3, 0.4) is 0 Å². The van der Waals surface area contributed by atoms with E-state index in [1.807, 2.05) is 12.1 Å². The van der Waals surface area contributed by atoms with E-state index in [0.717, 1.165) is 18.4 Å². The Morgan fingerprint density at radius 2 is 2.07 bits per heavy atom. The van der Waals surface area contributed by atoms with Gasteiger partial charge in [-0.25, -0.2) is 0 Å². The molecule has 2 N–H and O–H groups in total. The van der Waals surface area contributed by atoms with E-state index in [1.54, 1.807) is 0 Å². The molecular weight excluding hydrogens is 184 g/mol. The number of nitrogens with zero attached hydrogens (tertiary/aromatic N) is 1. The van der Waals surface area contributed by atoms with Gasteiger partial charge < -0.3 is 5.73 Å². The first-order chi connectivity index (χ1) is 7.26. The van der Waals surface area contributed by atoms with E-state index in [-0.39, 0.29) is 0 Å². The summed E-state index contributed by atoms with van der Waals surface area (Å²) in [4.78, 5) is 0. The SMILES string of the molecule is CCC1C(N)CC1c1ccc(C#N)cc1. The van der Waals surface area contributed by atoms with Crippen LogP contribution < -0.4 is 5.73 Å². The Hall–Kier alpha value is -1.33. The molecule has 78 valence electrons. The van der Waals surface area contributed by atoms with E-state index in [9.17, 15) is 0 Å². The molecule has 1 aliphatic carbocycles. The fraction of sp³-hybridized carbons (Fsp3) is 0.462. The van der Waals surface area contributed by atoms with Crippen LogP contribution in [0.1, 0.15) is 36.8 Å². The van der Waals surface area contributed by atoms with Crippen molar-refractivity contribution >= 4 is 0 Å². The molecule has 3 unspecified atom stereocenters. The zero-order chi connectivity index (χ0) is 10.8. The Bertz CT molecular complexity index is 375. The van der Waals surface area contributed by atoms with E-state index in [1.165, 1.54) is 5.56 Å². The highest BCUT2D eigenvalue weighted by Crippen LogP contribution is 2.43. The van der Waals surface area contributed by atoms with Crippen LogP contribution in [0.25, 0.3) is 0 Å². The lowest BCUT2D eigenvalue weighted by Gasteiger charge is -2.42. The molecule has 15 heavy (non-hydrogen) atoms. The van der Waals surface area contributed by atoms with Gasteiger partial charge in [-0.3, -0.25) is 0 Å². The van der Waals surface area contributed by atoms with Gasteiger partial charge in [-0.2, -0.15) is 5.26 Å². The monoisotopic (exact) mass is 200 g/mol. The summed E-state index contributed by atoms with van der Waals surface area (Å²) in [5.41, 5.74) is 8.03. The maximum absolute atomic E-state index is 8.71. The molecule has 0 amide bonds. The Morgan fingerprint density at radius 1 is 1.40 bits per heavy atom. The van der Waals surface area contributed by atoms with Crippen molar-refractivity contribution in [3.63, 3.8) is 0 Å². The van der Waals surface area contributed by atoms with E-state index < -0.39 is 0 Å². The Morgan fingerprint density at radius 3 is 2.53 bits per heavy atom. The summed E-state index contributed by atoms with van der Waals surface area (Å²) in [5, 5.41) is 8.71. The van der Waals surface area contributed by atoms with Crippen molar-refractivity contribution < 1.29 is 0 Å². The van der Waals surface area contributed by atoms with E-state index in [4.69, 9.17) is 11.0 Å². The van der Waals surface area contributed by atoms with Crippen LogP contribution in [0.5, 0.6) is 0 Å². The van der Waals surface area contributed by atoms with Crippen molar-refractivity contribution in [2.24, 2.45) is 11.7 Å². The molecule has 1 fully saturated rings. The third kappa shape index (κ3) is 1.75. The van der Waals surface area contributed by atoms with Crippen molar-refractivity contribution in [1.29, 1.82) is 5.26 Å². The topological polar surface area (TPSA) is 49.8 Å². The van der Waals surface area contributed by atoms with Crippen LogP contribution in [0.2, 0.25) is 0 Å². The standard InChI is InChI=1S/C13H16N2/c1-2-11-12(7-13(11)15)10-5-3-9(8-14)4-6-10/h3-6,11-13H,2,7,15H2,1H3. The normalized spacial score (nSPS) is 29.3. The lowest BCUT2D eigenvalue weighted by molar-refractivity contribution is 0.198. The predicted octanol–water partition coefficient (Wildman–Crippen LogP) is 2.40. The molecule has 0 aliphatic heterocycles. The number of hydrogen-bond acceptors (Lipinski definition) is 2. The van der Waals surface area contributed by atoms with Crippen LogP contribution in [0, 0.1) is 17.2 Å². The summed E-state index contributed by atoms with van der Waals surface area (Å²) in [7, 11) is 0. The molecular formula is C13H16N2. The van der Waals surface area contributed by atoms with Gasteiger partial charge in [-0.1, -0.05) is 25.5 Å². The van der Waals surface area contributed by atoms with Gasteiger partial charge in [0.05, 0.1) is 11.6 Å². The summed E-state index contributed by atoms with van der Waals surface area (Å²) in [6, 6.07) is 10.4. The highest BCUT2D eigenvalue weighted by atomic mass is 14.7. The minimum absolute atomic E-state index is 0.371. The quantitative estimate of drug-likeness (QED) is 0.797. The number of nitrogens with two attached hydrogens (primary N) is 1. The van der Waals surface area contributed by atoms with Gasteiger partial charge in [0.25, 0.3) is 0 Å². The van der Waals surface area contributed by atoms with Gasteiger partial charge in [0, 0.05) is 6.04 Å². The highest BCUT2D eigenvalue weighted by Gasteiger charge is 2.37. The zero-order valence-electron chi connectivity index (χ0n) is 8.98. The second-order valence-corrected chi connectivity index (χ2v) is 4.31. The van der Waals surface area contributed by atoms with Gasteiger partial charge in [0.2, 0.25) is 0 Å². The van der Waals surface area contributed by atoms with Crippen molar-refractivity contribution in [1.82, 2.24) is 0 Å². The molecule has 1 aromatic carbocycles. The molecule has 0 bridgehead atoms. The van der Waals surface area contributed by atoms with Gasteiger partial charge in [-0.05, 0) is 36.0 Å². The van der Waals surface area contributed by atoms with E-state index in [0.29, 0.717) is 17.9 Å². The number of hydrogen-bond donors (Lipinski definition) is 1. The molecule has 2 heteroatoms. The van der Waals surface area contributed by atoms with Crippen molar-refractivity contribution in [2.45, 2.75) is 31.7 Å². The van der Waals surface area contributed by atoms with Crippen LogP contribution in [-0.2, 0) is 0 Å². The zero-order valence-corrected chi connectivity index (χ0v) is 8.98. The molecule has 0 heterocycles. The van der Waals surface area contributed by atoms with Gasteiger partial charge >= 0.3 is 0 Å². The van der Waals surface area contributed by atoms with Crippen molar-refractivity contribution in [3.05, 3.63) is 35.4 Å². The maximum atomic E-state index is 8.71. The second kappa shape index (κ2) is 4.04. The molecule has 2 nitrogen and oxygen atoms in total. The molecule has 0 saturated heterocycles. The smallest absolute Gasteiger partial charge is 0.0991 e. The molecule has 0 spiro atoms. The summed E-state index contributed by atoms with van der Waals surface area (Å²) < 4.78 is 0. The van der Waals surface area contributed by atoms with Gasteiger partial charge in [0.1, 0.15) is 0 Å². The lowest BCUT2D eigenvalue weighted by Crippen LogP contribution is -2.45. The Labute approximate surface area is 90.7 Å². The number of nitriles is 1. The maximum Gasteiger partial charge on any atom is 0.0991 e. The van der Waals surface area contributed by atoms with Gasteiger partial charge in [-0.15, -0.1) is 0 Å². The largest absolute Gasteiger partial charge is 0.327 e. The summed E-state index contributed by atoms with van der Waals surface area (Å²) in [5.74, 6) is 1.23. The predicted molar refractivity (Wildman–Crippen MR) is 60.3 cm³/mol. The highest BCUT2D eigenvalue weighted by molar-refractivity contribution is 5.34. The number of benzene rings is 1. The van der Waals surface area contributed by atoms with E-state index in [2.05, 4.69) is 25.1 Å². The van der Waals surface area contributed by atoms with Crippen LogP contribution in [0.15, 0.2) is 24.3 Å². The van der Waals surface area contributed by atoms with Crippen LogP contribution >= 0.6 is 0 Å². The molecule has 0 aromatic heterocycles. The number of rotatable bonds is 2. The molecule has 1 saturated carbocycles. The van der Waals surface area contributed by atoms with Gasteiger partial charge in [0.15, 0.2) is 0 Å². The average molecular weight is 200 g/mol. The van der Waals surface area contributed by atoms with Crippen molar-refractivity contribution in [3.8, 4) is 6.07 Å². The fourth-order valence-electron chi connectivity index (χ4n) is 2.52. The minimum Gasteiger partial charge on any atom is -0.327 e. The Kier molecular flexibility index (Phi) is 2.75.